The smallest absolute Gasteiger partial charge is 0.334 e. The minimum atomic E-state index is -0.209. The summed E-state index contributed by atoms with van der Waals surface area (Å²) < 4.78 is 12.0. The lowest BCUT2D eigenvalue weighted by Crippen LogP contribution is -2.36. The first-order chi connectivity index (χ1) is 15.2. The Morgan fingerprint density at radius 3 is 1.41 bits per heavy atom. The van der Waals surface area contributed by atoms with E-state index in [9.17, 15) is 9.59 Å². The molecule has 0 amide bonds. The van der Waals surface area contributed by atoms with Crippen molar-refractivity contribution >= 4 is 11.9 Å². The zero-order chi connectivity index (χ0) is 23.4. The van der Waals surface area contributed by atoms with Crippen molar-refractivity contribution in [3.05, 3.63) is 23.3 Å². The highest BCUT2D eigenvalue weighted by molar-refractivity contribution is 5.93. The highest BCUT2D eigenvalue weighted by atomic mass is 16.5. The van der Waals surface area contributed by atoms with Crippen LogP contribution in [0.1, 0.15) is 92.9 Å². The van der Waals surface area contributed by atoms with E-state index < -0.39 is 0 Å². The van der Waals surface area contributed by atoms with Gasteiger partial charge in [-0.15, -0.1) is 0 Å². The van der Waals surface area contributed by atoms with Crippen molar-refractivity contribution in [2.45, 2.75) is 105 Å². The molecule has 0 aromatic carbocycles. The van der Waals surface area contributed by atoms with E-state index in [0.717, 1.165) is 25.7 Å². The first-order valence-electron chi connectivity index (χ1n) is 13.0. The van der Waals surface area contributed by atoms with Gasteiger partial charge >= 0.3 is 11.9 Å². The molecule has 2 saturated carbocycles. The molecule has 0 unspecified atom stereocenters. The van der Waals surface area contributed by atoms with Crippen molar-refractivity contribution in [1.29, 1.82) is 0 Å². The van der Waals surface area contributed by atoms with Crippen LogP contribution in [0, 0.1) is 35.5 Å². The second-order valence-electron chi connectivity index (χ2n) is 11.4. The van der Waals surface area contributed by atoms with Crippen LogP contribution in [0.25, 0.3) is 0 Å². The lowest BCUT2D eigenvalue weighted by molar-refractivity contribution is -0.152. The highest BCUT2D eigenvalue weighted by Crippen LogP contribution is 2.37. The molecule has 0 saturated heterocycles. The molecular formula is C28H44O4. The van der Waals surface area contributed by atoms with Gasteiger partial charge in [0.25, 0.3) is 0 Å². The molecule has 0 bridgehead atoms. The van der Waals surface area contributed by atoms with Gasteiger partial charge in [0.2, 0.25) is 0 Å². The molecule has 0 N–H and O–H groups in total. The van der Waals surface area contributed by atoms with Crippen LogP contribution in [-0.2, 0) is 19.1 Å². The third kappa shape index (κ3) is 6.26. The molecule has 0 radical (unpaired) electrons. The van der Waals surface area contributed by atoms with Gasteiger partial charge < -0.3 is 9.47 Å². The number of esters is 2. The van der Waals surface area contributed by atoms with E-state index in [1.54, 1.807) is 0 Å². The normalized spacial score (nSPS) is 33.5. The molecule has 180 valence electrons. The van der Waals surface area contributed by atoms with Crippen LogP contribution in [-0.4, -0.2) is 24.1 Å². The van der Waals surface area contributed by atoms with Gasteiger partial charge in [-0.05, 0) is 74.0 Å². The number of hydrogen-bond donors (Lipinski definition) is 0. The van der Waals surface area contributed by atoms with Crippen molar-refractivity contribution in [2.24, 2.45) is 35.5 Å². The van der Waals surface area contributed by atoms with E-state index in [1.807, 2.05) is 12.2 Å². The predicted octanol–water partition coefficient (Wildman–Crippen LogP) is 6.64. The average molecular weight is 445 g/mol. The Kier molecular flexibility index (Phi) is 8.63. The number of rotatable bonds is 6. The number of carbonyl (C=O) groups excluding carboxylic acids is 2. The standard InChI is InChI=1S/C28H44O4/c1-17(2)23-13-7-19(5)15-25(23)31-27(29)21-9-11-22(12-10-21)28(30)32-26-16-20(6)8-14-24(26)18(3)4/h9,12,17-20,23-26H,7-8,10-11,13-16H2,1-6H3/t19-,20-,23-,24+,25-,26-/m1/s1. The Morgan fingerprint density at radius 1 is 0.719 bits per heavy atom. The van der Waals surface area contributed by atoms with E-state index >= 15 is 0 Å². The zero-order valence-electron chi connectivity index (χ0n) is 21.1. The van der Waals surface area contributed by atoms with Gasteiger partial charge in [0.05, 0.1) is 0 Å². The fraction of sp³-hybridized carbons (Fsp3) is 0.786. The van der Waals surface area contributed by atoms with Crippen LogP contribution in [0.3, 0.4) is 0 Å². The molecule has 4 nitrogen and oxygen atoms in total. The van der Waals surface area contributed by atoms with Crippen LogP contribution in [0.5, 0.6) is 0 Å². The summed E-state index contributed by atoms with van der Waals surface area (Å²) in [6.07, 6.45) is 11.2. The number of hydrogen-bond acceptors (Lipinski definition) is 4. The average Bonchev–Trinajstić information content (AvgIpc) is 2.73. The maximum atomic E-state index is 12.9. The van der Waals surface area contributed by atoms with Crippen LogP contribution in [0.15, 0.2) is 23.3 Å². The monoisotopic (exact) mass is 444 g/mol. The van der Waals surface area contributed by atoms with Crippen LogP contribution in [0.4, 0.5) is 0 Å². The molecule has 0 heterocycles. The Balaban J connectivity index is 1.55. The maximum absolute atomic E-state index is 12.9. The second-order valence-corrected chi connectivity index (χ2v) is 11.4. The SMILES string of the molecule is CC(C)[C@H]1CC[C@@H](C)C[C@H]1OC(=O)C1=CCC(C(=O)O[C@@H]2C[C@H](C)CC[C@H]2C(C)C)=CC1. The van der Waals surface area contributed by atoms with Crippen LogP contribution < -0.4 is 0 Å². The minimum absolute atomic E-state index is 0.00347. The molecule has 6 atom stereocenters. The van der Waals surface area contributed by atoms with Gasteiger partial charge in [0.15, 0.2) is 0 Å². The number of carbonyl (C=O) groups is 2. The van der Waals surface area contributed by atoms with E-state index in [-0.39, 0.29) is 24.1 Å². The summed E-state index contributed by atoms with van der Waals surface area (Å²) in [5.41, 5.74) is 1.35. The van der Waals surface area contributed by atoms with Crippen molar-refractivity contribution in [3.63, 3.8) is 0 Å². The van der Waals surface area contributed by atoms with E-state index in [1.165, 1.54) is 12.8 Å². The summed E-state index contributed by atoms with van der Waals surface area (Å²) >= 11 is 0. The molecule has 3 aliphatic carbocycles. The van der Waals surface area contributed by atoms with E-state index in [2.05, 4.69) is 41.5 Å². The third-order valence-corrected chi connectivity index (χ3v) is 8.10. The Hall–Kier alpha value is -1.58. The molecule has 4 heteroatoms. The van der Waals surface area contributed by atoms with Crippen LogP contribution in [0.2, 0.25) is 0 Å². The second kappa shape index (κ2) is 11.0. The third-order valence-electron chi connectivity index (χ3n) is 8.10. The molecule has 3 aliphatic rings. The number of allylic oxidation sites excluding steroid dienone is 2. The summed E-state index contributed by atoms with van der Waals surface area (Å²) in [6, 6.07) is 0. The van der Waals surface area contributed by atoms with Crippen molar-refractivity contribution in [1.82, 2.24) is 0 Å². The fourth-order valence-electron chi connectivity index (χ4n) is 5.89. The summed E-state index contributed by atoms with van der Waals surface area (Å²) in [7, 11) is 0. The molecular weight excluding hydrogens is 400 g/mol. The van der Waals surface area contributed by atoms with Crippen LogP contribution >= 0.6 is 0 Å². The van der Waals surface area contributed by atoms with Gasteiger partial charge in [-0.25, -0.2) is 9.59 Å². The molecule has 3 rings (SSSR count). The first-order valence-corrected chi connectivity index (χ1v) is 13.0. The maximum Gasteiger partial charge on any atom is 0.334 e. The van der Waals surface area contributed by atoms with Gasteiger partial charge in [0, 0.05) is 11.1 Å². The molecule has 0 spiro atoms. The van der Waals surface area contributed by atoms with E-state index in [4.69, 9.17) is 9.47 Å². The quantitative estimate of drug-likeness (QED) is 0.431. The molecule has 0 aliphatic heterocycles. The topological polar surface area (TPSA) is 52.6 Å². The van der Waals surface area contributed by atoms with Crippen molar-refractivity contribution in [2.75, 3.05) is 0 Å². The minimum Gasteiger partial charge on any atom is -0.459 e. The van der Waals surface area contributed by atoms with E-state index in [0.29, 0.717) is 59.5 Å². The van der Waals surface area contributed by atoms with Gasteiger partial charge in [-0.3, -0.25) is 0 Å². The fourth-order valence-corrected chi connectivity index (χ4v) is 5.89. The summed E-state index contributed by atoms with van der Waals surface area (Å²) in [6.45, 7) is 13.4. The Bertz CT molecular complexity index is 670. The lowest BCUT2D eigenvalue weighted by Gasteiger charge is -2.37. The highest BCUT2D eigenvalue weighted by Gasteiger charge is 2.35. The zero-order valence-corrected chi connectivity index (χ0v) is 21.1. The molecule has 32 heavy (non-hydrogen) atoms. The molecule has 2 fully saturated rings. The number of ether oxygens (including phenoxy) is 2. The summed E-state index contributed by atoms with van der Waals surface area (Å²) in [4.78, 5) is 25.7. The first kappa shape index (κ1) is 25.1. The van der Waals surface area contributed by atoms with Crippen molar-refractivity contribution < 1.29 is 19.1 Å². The van der Waals surface area contributed by atoms with Gasteiger partial charge in [0.1, 0.15) is 12.2 Å². The summed E-state index contributed by atoms with van der Waals surface area (Å²) in [5.74, 6) is 2.68. The Labute approximate surface area is 195 Å². The van der Waals surface area contributed by atoms with Gasteiger partial charge in [-0.1, -0.05) is 66.5 Å². The molecule has 0 aromatic heterocycles. The predicted molar refractivity (Wildman–Crippen MR) is 128 cm³/mol. The Morgan fingerprint density at radius 2 is 1.09 bits per heavy atom. The van der Waals surface area contributed by atoms with Crippen molar-refractivity contribution in [3.8, 4) is 0 Å². The molecule has 0 aromatic rings. The lowest BCUT2D eigenvalue weighted by atomic mass is 9.75. The van der Waals surface area contributed by atoms with Gasteiger partial charge in [-0.2, -0.15) is 0 Å². The summed E-state index contributed by atoms with van der Waals surface area (Å²) in [5, 5.41) is 0. The largest absolute Gasteiger partial charge is 0.459 e.